The predicted octanol–water partition coefficient (Wildman–Crippen LogP) is 1.31. The van der Waals surface area contributed by atoms with Gasteiger partial charge in [0.05, 0.1) is 11.6 Å². The van der Waals surface area contributed by atoms with E-state index in [1.54, 1.807) is 11.3 Å². The summed E-state index contributed by atoms with van der Waals surface area (Å²) in [7, 11) is 2.00. The van der Waals surface area contributed by atoms with Crippen LogP contribution in [-0.2, 0) is 11.2 Å². The molecule has 1 saturated heterocycles. The van der Waals surface area contributed by atoms with Crippen molar-refractivity contribution in [2.45, 2.75) is 12.8 Å². The van der Waals surface area contributed by atoms with Gasteiger partial charge < -0.3 is 10.1 Å². The van der Waals surface area contributed by atoms with Gasteiger partial charge in [-0.05, 0) is 13.5 Å². The summed E-state index contributed by atoms with van der Waals surface area (Å²) in [4.78, 5) is 4.34. The molecule has 1 atom stereocenters. The van der Waals surface area contributed by atoms with Crippen LogP contribution in [0.1, 0.15) is 11.4 Å². The molecule has 1 aromatic heterocycles. The number of nitrogens with one attached hydrogen (secondary N) is 1. The van der Waals surface area contributed by atoms with E-state index in [1.807, 2.05) is 18.6 Å². The number of nitrogens with zero attached hydrogens (tertiary/aromatic N) is 1. The summed E-state index contributed by atoms with van der Waals surface area (Å²) in [5.41, 5.74) is 0.284. The summed E-state index contributed by atoms with van der Waals surface area (Å²) in [5, 5.41) is 6.53. The molecule has 0 amide bonds. The minimum atomic E-state index is 0.284. The van der Waals surface area contributed by atoms with Crippen molar-refractivity contribution in [1.29, 1.82) is 0 Å². The highest BCUT2D eigenvalue weighted by atomic mass is 32.1. The third-order valence-electron chi connectivity index (χ3n) is 2.75. The second kappa shape index (κ2) is 4.38. The van der Waals surface area contributed by atoms with E-state index >= 15 is 0 Å². The fraction of sp³-hybridized carbons (Fsp3) is 0.700. The maximum absolute atomic E-state index is 5.50. The third-order valence-corrected chi connectivity index (χ3v) is 3.53. The normalized spacial score (nSPS) is 26.9. The fourth-order valence-electron chi connectivity index (χ4n) is 2.03. The van der Waals surface area contributed by atoms with E-state index in [0.29, 0.717) is 0 Å². The van der Waals surface area contributed by atoms with Crippen LogP contribution in [0.25, 0.3) is 0 Å². The Bertz CT molecular complexity index is 268. The lowest BCUT2D eigenvalue weighted by atomic mass is 9.84. The van der Waals surface area contributed by atoms with Gasteiger partial charge in [-0.1, -0.05) is 0 Å². The van der Waals surface area contributed by atoms with Gasteiger partial charge in [0.1, 0.15) is 0 Å². The molecule has 1 aromatic rings. The highest BCUT2D eigenvalue weighted by molar-refractivity contribution is 7.09. The second-order valence-electron chi connectivity index (χ2n) is 3.94. The lowest BCUT2D eigenvalue weighted by Gasteiger charge is -2.25. The van der Waals surface area contributed by atoms with Crippen molar-refractivity contribution in [2.75, 3.05) is 26.8 Å². The van der Waals surface area contributed by atoms with Crippen LogP contribution >= 0.6 is 11.3 Å². The molecule has 0 radical (unpaired) electrons. The van der Waals surface area contributed by atoms with Gasteiger partial charge in [0, 0.05) is 36.6 Å². The van der Waals surface area contributed by atoms with Crippen molar-refractivity contribution >= 4 is 11.3 Å². The van der Waals surface area contributed by atoms with Crippen molar-refractivity contribution in [3.05, 3.63) is 16.6 Å². The molecule has 1 unspecified atom stereocenters. The zero-order valence-corrected chi connectivity index (χ0v) is 9.27. The van der Waals surface area contributed by atoms with Crippen LogP contribution in [-0.4, -0.2) is 31.8 Å². The quantitative estimate of drug-likeness (QED) is 0.817. The molecule has 2 heterocycles. The van der Waals surface area contributed by atoms with Crippen molar-refractivity contribution < 1.29 is 4.74 Å². The molecule has 1 aliphatic rings. The lowest BCUT2D eigenvalue weighted by Crippen LogP contribution is -2.35. The molecule has 78 valence electrons. The van der Waals surface area contributed by atoms with Gasteiger partial charge in [-0.2, -0.15) is 0 Å². The Balaban J connectivity index is 2.04. The second-order valence-corrected chi connectivity index (χ2v) is 4.91. The van der Waals surface area contributed by atoms with Crippen LogP contribution < -0.4 is 5.32 Å². The van der Waals surface area contributed by atoms with Crippen LogP contribution in [0.5, 0.6) is 0 Å². The topological polar surface area (TPSA) is 34.2 Å². The Kier molecular flexibility index (Phi) is 3.15. The summed E-state index contributed by atoms with van der Waals surface area (Å²) < 4.78 is 5.50. The van der Waals surface area contributed by atoms with Crippen LogP contribution in [0.4, 0.5) is 0 Å². The summed E-state index contributed by atoms with van der Waals surface area (Å²) in [6, 6.07) is 0. The van der Waals surface area contributed by atoms with Gasteiger partial charge in [-0.25, -0.2) is 4.98 Å². The monoisotopic (exact) mass is 212 g/mol. The van der Waals surface area contributed by atoms with Crippen LogP contribution in [0.2, 0.25) is 0 Å². The van der Waals surface area contributed by atoms with E-state index < -0.39 is 0 Å². The molecule has 14 heavy (non-hydrogen) atoms. The van der Waals surface area contributed by atoms with E-state index in [2.05, 4.69) is 10.3 Å². The van der Waals surface area contributed by atoms with Gasteiger partial charge >= 0.3 is 0 Å². The first-order valence-corrected chi connectivity index (χ1v) is 5.83. The molecule has 3 nitrogen and oxygen atoms in total. The van der Waals surface area contributed by atoms with Crippen molar-refractivity contribution in [2.24, 2.45) is 5.41 Å². The molecule has 0 aromatic carbocycles. The first kappa shape index (κ1) is 10.1. The Labute approximate surface area is 88.5 Å². The summed E-state index contributed by atoms with van der Waals surface area (Å²) in [5.74, 6) is 0. The average Bonchev–Trinajstić information content (AvgIpc) is 2.78. The Hall–Kier alpha value is -0.450. The molecular formula is C10H16N2OS. The van der Waals surface area contributed by atoms with Gasteiger partial charge in [0.2, 0.25) is 0 Å². The van der Waals surface area contributed by atoms with Crippen LogP contribution in [0.3, 0.4) is 0 Å². The molecule has 0 bridgehead atoms. The number of aromatic nitrogens is 1. The fourth-order valence-corrected chi connectivity index (χ4v) is 2.82. The summed E-state index contributed by atoms with van der Waals surface area (Å²) in [6.07, 6.45) is 4.07. The first-order valence-electron chi connectivity index (χ1n) is 4.95. The molecule has 1 N–H and O–H groups in total. The molecule has 2 rings (SSSR count). The molecular weight excluding hydrogens is 196 g/mol. The zero-order chi connectivity index (χ0) is 9.86. The standard InChI is InChI=1S/C10H16N2OS/c1-11-7-10(2-4-13-8-10)6-9-12-3-5-14-9/h3,5,11H,2,4,6-8H2,1H3. The van der Waals surface area contributed by atoms with E-state index in [1.165, 1.54) is 5.01 Å². The van der Waals surface area contributed by atoms with Crippen LogP contribution in [0.15, 0.2) is 11.6 Å². The Morgan fingerprint density at radius 1 is 1.71 bits per heavy atom. The maximum atomic E-state index is 5.50. The molecule has 4 heteroatoms. The van der Waals surface area contributed by atoms with Crippen molar-refractivity contribution in [3.63, 3.8) is 0 Å². The number of ether oxygens (including phenoxy) is 1. The summed E-state index contributed by atoms with van der Waals surface area (Å²) >= 11 is 1.74. The smallest absolute Gasteiger partial charge is 0.0931 e. The predicted molar refractivity (Wildman–Crippen MR) is 57.6 cm³/mol. The van der Waals surface area contributed by atoms with Gasteiger partial charge in [0.15, 0.2) is 0 Å². The van der Waals surface area contributed by atoms with Crippen molar-refractivity contribution in [1.82, 2.24) is 10.3 Å². The number of hydrogen-bond acceptors (Lipinski definition) is 4. The molecule has 1 fully saturated rings. The van der Waals surface area contributed by atoms with Crippen molar-refractivity contribution in [3.8, 4) is 0 Å². The van der Waals surface area contributed by atoms with Gasteiger partial charge in [-0.15, -0.1) is 11.3 Å². The Morgan fingerprint density at radius 3 is 3.21 bits per heavy atom. The Morgan fingerprint density at radius 2 is 2.64 bits per heavy atom. The number of hydrogen-bond donors (Lipinski definition) is 1. The largest absolute Gasteiger partial charge is 0.381 e. The highest BCUT2D eigenvalue weighted by Gasteiger charge is 2.35. The maximum Gasteiger partial charge on any atom is 0.0931 e. The van der Waals surface area contributed by atoms with Gasteiger partial charge in [0.25, 0.3) is 0 Å². The minimum absolute atomic E-state index is 0.284. The molecule has 0 spiro atoms. The zero-order valence-electron chi connectivity index (χ0n) is 8.45. The van der Waals surface area contributed by atoms with E-state index in [0.717, 1.165) is 32.6 Å². The summed E-state index contributed by atoms with van der Waals surface area (Å²) in [6.45, 7) is 2.78. The average molecular weight is 212 g/mol. The molecule has 0 saturated carbocycles. The van der Waals surface area contributed by atoms with E-state index in [9.17, 15) is 0 Å². The number of rotatable bonds is 4. The first-order chi connectivity index (χ1) is 6.85. The highest BCUT2D eigenvalue weighted by Crippen LogP contribution is 2.32. The third kappa shape index (κ3) is 2.13. The molecule has 1 aliphatic heterocycles. The molecule has 0 aliphatic carbocycles. The number of thiazole rings is 1. The van der Waals surface area contributed by atoms with Crippen LogP contribution in [0, 0.1) is 5.41 Å². The van der Waals surface area contributed by atoms with Gasteiger partial charge in [-0.3, -0.25) is 0 Å². The van der Waals surface area contributed by atoms with E-state index in [4.69, 9.17) is 4.74 Å². The van der Waals surface area contributed by atoms with E-state index in [-0.39, 0.29) is 5.41 Å². The minimum Gasteiger partial charge on any atom is -0.381 e. The lowest BCUT2D eigenvalue weighted by molar-refractivity contribution is 0.150. The SMILES string of the molecule is CNCC1(Cc2nccs2)CCOC1.